The molecule has 2 aromatic carbocycles. The van der Waals surface area contributed by atoms with Gasteiger partial charge >= 0.3 is 0 Å². The van der Waals surface area contributed by atoms with E-state index in [0.29, 0.717) is 6.54 Å². The van der Waals surface area contributed by atoms with Gasteiger partial charge in [0.05, 0.1) is 6.54 Å². The molecule has 3 heteroatoms. The summed E-state index contributed by atoms with van der Waals surface area (Å²) in [6, 6.07) is 20.2. The van der Waals surface area contributed by atoms with Gasteiger partial charge in [0.15, 0.2) is 0 Å². The van der Waals surface area contributed by atoms with Crippen molar-refractivity contribution in [2.45, 2.75) is 13.5 Å². The van der Waals surface area contributed by atoms with E-state index in [1.807, 2.05) is 48.8 Å². The van der Waals surface area contributed by atoms with Crippen LogP contribution in [0, 0.1) is 6.92 Å². The zero-order chi connectivity index (χ0) is 16.2. The van der Waals surface area contributed by atoms with Crippen LogP contribution in [-0.2, 0) is 6.54 Å². The molecule has 116 valence electrons. The Hall–Kier alpha value is -2.39. The van der Waals surface area contributed by atoms with Gasteiger partial charge in [0.2, 0.25) is 0 Å². The predicted molar refractivity (Wildman–Crippen MR) is 96.7 cm³/mol. The quantitative estimate of drug-likeness (QED) is 0.662. The maximum absolute atomic E-state index is 12.7. The first-order valence-corrected chi connectivity index (χ1v) is 8.46. The number of hydrogen-bond donors (Lipinski definition) is 0. The average molecular weight is 321 g/mol. The molecule has 0 aliphatic rings. The summed E-state index contributed by atoms with van der Waals surface area (Å²) in [6.07, 6.45) is 0. The number of amides is 1. The van der Waals surface area contributed by atoms with Gasteiger partial charge in [-0.15, -0.1) is 11.3 Å². The van der Waals surface area contributed by atoms with E-state index in [1.54, 1.807) is 16.2 Å². The lowest BCUT2D eigenvalue weighted by Crippen LogP contribution is -2.25. The van der Waals surface area contributed by atoms with Crippen molar-refractivity contribution >= 4 is 17.2 Å². The molecule has 0 saturated heterocycles. The molecule has 1 aromatic heterocycles. The van der Waals surface area contributed by atoms with Crippen LogP contribution in [0.1, 0.15) is 20.8 Å². The zero-order valence-electron chi connectivity index (χ0n) is 13.3. The number of rotatable bonds is 4. The minimum Gasteiger partial charge on any atom is -0.337 e. The minimum absolute atomic E-state index is 0.0490. The number of nitrogens with zero attached hydrogens (tertiary/aromatic N) is 1. The maximum Gasteiger partial charge on any atom is 0.253 e. The van der Waals surface area contributed by atoms with E-state index in [4.69, 9.17) is 0 Å². The van der Waals surface area contributed by atoms with Gasteiger partial charge in [0.1, 0.15) is 0 Å². The van der Waals surface area contributed by atoms with Crippen molar-refractivity contribution in [3.05, 3.63) is 82.0 Å². The Balaban J connectivity index is 1.83. The first kappa shape index (κ1) is 15.5. The third kappa shape index (κ3) is 3.69. The van der Waals surface area contributed by atoms with Crippen LogP contribution in [0.5, 0.6) is 0 Å². The Kier molecular flexibility index (Phi) is 4.58. The van der Waals surface area contributed by atoms with E-state index in [9.17, 15) is 4.79 Å². The van der Waals surface area contributed by atoms with Gasteiger partial charge in [-0.2, -0.15) is 0 Å². The minimum atomic E-state index is 0.0490. The Morgan fingerprint density at radius 2 is 1.74 bits per heavy atom. The van der Waals surface area contributed by atoms with Crippen molar-refractivity contribution in [2.75, 3.05) is 7.05 Å². The van der Waals surface area contributed by atoms with Crippen molar-refractivity contribution in [1.82, 2.24) is 4.90 Å². The Bertz CT molecular complexity index is 808. The monoisotopic (exact) mass is 321 g/mol. The topological polar surface area (TPSA) is 20.3 Å². The third-order valence-corrected chi connectivity index (χ3v) is 4.64. The average Bonchev–Trinajstić information content (AvgIpc) is 3.07. The lowest BCUT2D eigenvalue weighted by atomic mass is 10.0. The summed E-state index contributed by atoms with van der Waals surface area (Å²) >= 11 is 1.67. The molecule has 0 fully saturated rings. The second-order valence-corrected chi connectivity index (χ2v) is 6.72. The molecule has 0 saturated carbocycles. The number of aryl methyl sites for hydroxylation is 1. The van der Waals surface area contributed by atoms with Gasteiger partial charge in [0, 0.05) is 17.5 Å². The first-order valence-electron chi connectivity index (χ1n) is 7.58. The molecular formula is C20H19NOS. The number of carbonyl (C=O) groups excluding carboxylic acids is 1. The van der Waals surface area contributed by atoms with Crippen molar-refractivity contribution < 1.29 is 4.79 Å². The lowest BCUT2D eigenvalue weighted by Gasteiger charge is -2.17. The van der Waals surface area contributed by atoms with E-state index >= 15 is 0 Å². The zero-order valence-corrected chi connectivity index (χ0v) is 14.1. The molecule has 3 rings (SSSR count). The highest BCUT2D eigenvalue weighted by molar-refractivity contribution is 7.09. The van der Waals surface area contributed by atoms with E-state index < -0.39 is 0 Å². The standard InChI is InChI=1S/C20H19NOS/c1-15-6-3-7-16(12-15)17-8-4-9-18(13-17)20(22)21(2)14-19-10-5-11-23-19/h3-13H,14H2,1-2H3. The van der Waals surface area contributed by atoms with Crippen LogP contribution >= 0.6 is 11.3 Å². The molecule has 1 amide bonds. The van der Waals surface area contributed by atoms with Gasteiger partial charge in [0.25, 0.3) is 5.91 Å². The number of carbonyl (C=O) groups is 1. The molecule has 3 aromatic rings. The van der Waals surface area contributed by atoms with Gasteiger partial charge in [-0.25, -0.2) is 0 Å². The fraction of sp³-hybridized carbons (Fsp3) is 0.150. The summed E-state index contributed by atoms with van der Waals surface area (Å²) in [4.78, 5) is 15.6. The summed E-state index contributed by atoms with van der Waals surface area (Å²) in [6.45, 7) is 2.72. The van der Waals surface area contributed by atoms with Crippen molar-refractivity contribution in [2.24, 2.45) is 0 Å². The SMILES string of the molecule is Cc1cccc(-c2cccc(C(=O)N(C)Cc3cccs3)c2)c1. The van der Waals surface area contributed by atoms with Crippen LogP contribution in [0.15, 0.2) is 66.0 Å². The van der Waals surface area contributed by atoms with Crippen molar-refractivity contribution in [3.8, 4) is 11.1 Å². The molecular weight excluding hydrogens is 302 g/mol. The fourth-order valence-electron chi connectivity index (χ4n) is 2.58. The maximum atomic E-state index is 12.7. The van der Waals surface area contributed by atoms with Crippen molar-refractivity contribution in [1.29, 1.82) is 0 Å². The normalized spacial score (nSPS) is 10.5. The number of thiophene rings is 1. The highest BCUT2D eigenvalue weighted by atomic mass is 32.1. The predicted octanol–water partition coefficient (Wildman–Crippen LogP) is 5.00. The summed E-state index contributed by atoms with van der Waals surface area (Å²) < 4.78 is 0. The molecule has 0 unspecified atom stereocenters. The summed E-state index contributed by atoms with van der Waals surface area (Å²) in [7, 11) is 1.85. The summed E-state index contributed by atoms with van der Waals surface area (Å²) in [5, 5.41) is 2.03. The van der Waals surface area contributed by atoms with E-state index in [-0.39, 0.29) is 5.91 Å². The van der Waals surface area contributed by atoms with Crippen LogP contribution in [0.25, 0.3) is 11.1 Å². The molecule has 1 heterocycles. The van der Waals surface area contributed by atoms with Gasteiger partial charge < -0.3 is 4.90 Å². The smallest absolute Gasteiger partial charge is 0.253 e. The molecule has 0 aliphatic carbocycles. The van der Waals surface area contributed by atoms with E-state index in [2.05, 4.69) is 31.2 Å². The van der Waals surface area contributed by atoms with Gasteiger partial charge in [-0.3, -0.25) is 4.79 Å². The molecule has 0 atom stereocenters. The lowest BCUT2D eigenvalue weighted by molar-refractivity contribution is 0.0786. The molecule has 0 radical (unpaired) electrons. The largest absolute Gasteiger partial charge is 0.337 e. The number of hydrogen-bond acceptors (Lipinski definition) is 2. The Labute approximate surface area is 141 Å². The summed E-state index contributed by atoms with van der Waals surface area (Å²) in [5.41, 5.74) is 4.15. The van der Waals surface area contributed by atoms with Crippen LogP contribution in [0.3, 0.4) is 0 Å². The Morgan fingerprint density at radius 3 is 2.43 bits per heavy atom. The van der Waals surface area contributed by atoms with E-state index in [0.717, 1.165) is 16.7 Å². The number of benzene rings is 2. The third-order valence-electron chi connectivity index (χ3n) is 3.78. The van der Waals surface area contributed by atoms with Crippen molar-refractivity contribution in [3.63, 3.8) is 0 Å². The van der Waals surface area contributed by atoms with Gasteiger partial charge in [-0.05, 0) is 41.6 Å². The molecule has 0 spiro atoms. The Morgan fingerprint density at radius 1 is 1.00 bits per heavy atom. The molecule has 0 bridgehead atoms. The summed E-state index contributed by atoms with van der Waals surface area (Å²) in [5.74, 6) is 0.0490. The van der Waals surface area contributed by atoms with Crippen LogP contribution in [0.2, 0.25) is 0 Å². The highest BCUT2D eigenvalue weighted by Crippen LogP contribution is 2.22. The second-order valence-electron chi connectivity index (χ2n) is 5.69. The van der Waals surface area contributed by atoms with E-state index in [1.165, 1.54) is 10.4 Å². The molecule has 0 aliphatic heterocycles. The van der Waals surface area contributed by atoms with Gasteiger partial charge in [-0.1, -0.05) is 48.0 Å². The van der Waals surface area contributed by atoms with Crippen LogP contribution in [-0.4, -0.2) is 17.9 Å². The molecule has 23 heavy (non-hydrogen) atoms. The second kappa shape index (κ2) is 6.80. The highest BCUT2D eigenvalue weighted by Gasteiger charge is 2.13. The first-order chi connectivity index (χ1) is 11.1. The van der Waals surface area contributed by atoms with Crippen LogP contribution in [0.4, 0.5) is 0 Å². The molecule has 0 N–H and O–H groups in total. The van der Waals surface area contributed by atoms with Crippen LogP contribution < -0.4 is 0 Å². The molecule has 2 nitrogen and oxygen atoms in total. The fourth-order valence-corrected chi connectivity index (χ4v) is 3.34.